The summed E-state index contributed by atoms with van der Waals surface area (Å²) in [5.41, 5.74) is 13.6. The molecule has 1 aromatic carbocycles. The van der Waals surface area contributed by atoms with E-state index in [1.54, 1.807) is 24.3 Å². The van der Waals surface area contributed by atoms with Crippen molar-refractivity contribution in [2.75, 3.05) is 0 Å². The molecule has 1 aliphatic carbocycles. The highest BCUT2D eigenvalue weighted by Crippen LogP contribution is 2.27. The molecule has 0 radical (unpaired) electrons. The van der Waals surface area contributed by atoms with Gasteiger partial charge in [-0.2, -0.15) is 0 Å². The van der Waals surface area contributed by atoms with Crippen LogP contribution >= 0.6 is 0 Å². The van der Waals surface area contributed by atoms with Crippen LogP contribution in [0.4, 0.5) is 0 Å². The van der Waals surface area contributed by atoms with Gasteiger partial charge in [-0.25, -0.2) is 4.57 Å². The Bertz CT molecular complexity index is 1230. The summed E-state index contributed by atoms with van der Waals surface area (Å²) in [4.78, 5) is 51.4. The topological polar surface area (TPSA) is 186 Å². The van der Waals surface area contributed by atoms with Gasteiger partial charge in [-0.15, -0.1) is 0 Å². The number of nitrogens with one attached hydrogen (secondary N) is 3. The van der Waals surface area contributed by atoms with Crippen molar-refractivity contribution >= 4 is 29.5 Å². The van der Waals surface area contributed by atoms with Gasteiger partial charge in [0.15, 0.2) is 12.4 Å². The van der Waals surface area contributed by atoms with Crippen molar-refractivity contribution in [3.63, 3.8) is 0 Å². The van der Waals surface area contributed by atoms with Crippen LogP contribution in [0.25, 0.3) is 0 Å². The minimum absolute atomic E-state index is 0. The van der Waals surface area contributed by atoms with Crippen LogP contribution < -0.4 is 37.4 Å². The Morgan fingerprint density at radius 3 is 2.05 bits per heavy atom. The van der Waals surface area contributed by atoms with Crippen LogP contribution in [0.5, 0.6) is 0 Å². The summed E-state index contributed by atoms with van der Waals surface area (Å²) in [5, 5.41) is 14.0. The molecule has 0 saturated heterocycles. The fraction of sp³-hybridized carbons (Fsp3) is 0.484. The van der Waals surface area contributed by atoms with Crippen molar-refractivity contribution in [2.24, 2.45) is 24.4 Å². The summed E-state index contributed by atoms with van der Waals surface area (Å²) in [6.07, 6.45) is 8.59. The predicted molar refractivity (Wildman–Crippen MR) is 162 cm³/mol. The zero-order valence-electron chi connectivity index (χ0n) is 23.2. The maximum Gasteiger partial charge on any atom is 0.270 e. The van der Waals surface area contributed by atoms with E-state index in [4.69, 9.17) is 16.9 Å². The summed E-state index contributed by atoms with van der Waals surface area (Å²) in [6.45, 7) is 1.33. The van der Waals surface area contributed by atoms with Crippen LogP contribution in [0.15, 0.2) is 48.8 Å². The Morgan fingerprint density at radius 1 is 0.881 bits per heavy atom. The zero-order chi connectivity index (χ0) is 29.2. The Hall–Kier alpha value is -4.28. The molecular formula is C31H49N7O4+2. The number of primary amides is 1. The highest BCUT2D eigenvalue weighted by molar-refractivity contribution is 5.94. The molecule has 1 fully saturated rings. The molecule has 3 rings (SSSR count). The number of carbonyl (C=O) groups excluding carboxylic acids is 4. The van der Waals surface area contributed by atoms with Crippen LogP contribution in [0.3, 0.4) is 0 Å². The third-order valence-corrected chi connectivity index (χ3v) is 7.22. The van der Waals surface area contributed by atoms with Gasteiger partial charge < -0.3 is 21.7 Å². The lowest BCUT2D eigenvalue weighted by Gasteiger charge is -2.32. The lowest BCUT2D eigenvalue weighted by Crippen LogP contribution is -2.59. The van der Waals surface area contributed by atoms with Crippen LogP contribution in [0.1, 0.15) is 70.6 Å². The minimum Gasteiger partial charge on any atom is -0.368 e. The van der Waals surface area contributed by atoms with Crippen molar-refractivity contribution in [1.29, 1.82) is 0 Å². The number of pyridine rings is 1. The number of carbonyl (C=O) groups is 4. The van der Waals surface area contributed by atoms with Crippen LogP contribution in [0.2, 0.25) is 0 Å². The first-order valence-corrected chi connectivity index (χ1v) is 13.6. The smallest absolute Gasteiger partial charge is 0.270 e. The van der Waals surface area contributed by atoms with E-state index in [-0.39, 0.29) is 45.4 Å². The number of hydrogen-bond acceptors (Lipinski definition) is 4. The molecule has 0 bridgehead atoms. The molecule has 11 heteroatoms. The number of benzene rings is 1. The third kappa shape index (κ3) is 10.6. The number of nitrogens with zero attached hydrogens (tertiary/aromatic N) is 1. The molecule has 4 amide bonds. The zero-order valence-corrected chi connectivity index (χ0v) is 23.2. The molecule has 9 N–H and O–H groups in total. The fourth-order valence-electron chi connectivity index (χ4n) is 5.13. The molecule has 230 valence electrons. The van der Waals surface area contributed by atoms with Gasteiger partial charge in [0.25, 0.3) is 5.84 Å². The van der Waals surface area contributed by atoms with Gasteiger partial charge in [-0.3, -0.25) is 30.3 Å². The molecule has 1 saturated carbocycles. The van der Waals surface area contributed by atoms with Gasteiger partial charge in [-0.05, 0) is 42.5 Å². The second-order valence-electron chi connectivity index (χ2n) is 10.5. The lowest BCUT2D eigenvalue weighted by atomic mass is 9.83. The predicted octanol–water partition coefficient (Wildman–Crippen LogP) is -0.427. The van der Waals surface area contributed by atoms with Crippen molar-refractivity contribution < 1.29 is 29.2 Å². The standard InChI is InChI=1S/C29H39N7O4.2CH4/c1-18(37)33-24(15-19-10-12-22(13-11-19)26(30)31)28(39)35-25(21-8-4-3-5-9-21)29(40)34-23(27(32)38)16-20-7-6-14-36(2)17-20;;/h6-7,10-14,17,21,23-25H,3-5,8-9,15-16H2,1-2H3,(H7-,30,31,32,33,34,35,37,38,39,40);2*1H4/p+2/t23-,24-,25?;;/m0../s1. The molecule has 1 aliphatic rings. The van der Waals surface area contributed by atoms with Gasteiger partial charge in [-0.1, -0.05) is 46.2 Å². The van der Waals surface area contributed by atoms with E-state index in [9.17, 15) is 19.2 Å². The first-order chi connectivity index (χ1) is 19.0. The number of amidine groups is 1. The molecule has 1 aromatic heterocycles. The summed E-state index contributed by atoms with van der Waals surface area (Å²) < 4.78 is 1.85. The number of aromatic nitrogens is 1. The first-order valence-electron chi connectivity index (χ1n) is 13.6. The number of hydrogen-bond donors (Lipinski definition) is 6. The van der Waals surface area contributed by atoms with Gasteiger partial charge in [0, 0.05) is 31.4 Å². The largest absolute Gasteiger partial charge is 0.368 e. The monoisotopic (exact) mass is 583 g/mol. The lowest BCUT2D eigenvalue weighted by molar-refractivity contribution is -0.671. The molecule has 3 atom stereocenters. The van der Waals surface area contributed by atoms with Gasteiger partial charge in [0.1, 0.15) is 25.2 Å². The molecular weight excluding hydrogens is 534 g/mol. The van der Waals surface area contributed by atoms with E-state index < -0.39 is 35.8 Å². The molecule has 42 heavy (non-hydrogen) atoms. The average molecular weight is 584 g/mol. The summed E-state index contributed by atoms with van der Waals surface area (Å²) in [7, 11) is 1.86. The van der Waals surface area contributed by atoms with E-state index in [1.165, 1.54) is 6.92 Å². The Kier molecular flexibility index (Phi) is 14.3. The number of amides is 4. The molecule has 0 aliphatic heterocycles. The van der Waals surface area contributed by atoms with Crippen molar-refractivity contribution in [2.45, 2.75) is 84.8 Å². The van der Waals surface area contributed by atoms with E-state index in [2.05, 4.69) is 16.0 Å². The Morgan fingerprint density at radius 2 is 1.50 bits per heavy atom. The normalized spacial score (nSPS) is 15.0. The van der Waals surface area contributed by atoms with Crippen molar-refractivity contribution in [3.8, 4) is 0 Å². The van der Waals surface area contributed by atoms with Crippen LogP contribution in [-0.2, 0) is 39.1 Å². The quantitative estimate of drug-likeness (QED) is 0.112. The maximum absolute atomic E-state index is 13.6. The molecule has 1 heterocycles. The number of aryl methyl sites for hydroxylation is 1. The van der Waals surface area contributed by atoms with Gasteiger partial charge in [0.05, 0.1) is 5.56 Å². The Labute approximate surface area is 249 Å². The number of nitrogens with two attached hydrogens (primary N) is 3. The van der Waals surface area contributed by atoms with E-state index in [0.29, 0.717) is 5.56 Å². The second kappa shape index (κ2) is 16.9. The maximum atomic E-state index is 13.6. The average Bonchev–Trinajstić information content (AvgIpc) is 2.91. The molecule has 1 unspecified atom stereocenters. The highest BCUT2D eigenvalue weighted by atomic mass is 16.2. The first kappa shape index (κ1) is 35.7. The second-order valence-corrected chi connectivity index (χ2v) is 10.5. The molecule has 0 spiro atoms. The van der Waals surface area contributed by atoms with Crippen molar-refractivity contribution in [3.05, 3.63) is 65.5 Å². The van der Waals surface area contributed by atoms with E-state index in [1.807, 2.05) is 36.1 Å². The van der Waals surface area contributed by atoms with Gasteiger partial charge >= 0.3 is 0 Å². The number of rotatable bonds is 12. The summed E-state index contributed by atoms with van der Waals surface area (Å²) in [5.74, 6) is -1.92. The third-order valence-electron chi connectivity index (χ3n) is 7.22. The van der Waals surface area contributed by atoms with E-state index >= 15 is 0 Å². The van der Waals surface area contributed by atoms with Gasteiger partial charge in [0.2, 0.25) is 23.6 Å². The van der Waals surface area contributed by atoms with Crippen LogP contribution in [-0.4, -0.2) is 47.6 Å². The summed E-state index contributed by atoms with van der Waals surface area (Å²) in [6, 6.07) is 7.99. The molecule has 2 aromatic rings. The molecule has 11 nitrogen and oxygen atoms in total. The SMILES string of the molecule is C.C.CC(=O)N[C@@H](Cc1ccc(C(N)=[NH2+])cc1)C(=O)NC(C(=O)N[C@@H](Cc1ccc[n+](C)c1)C(N)=O)C1CCCCC1. The Balaban J connectivity index is 0.00000441. The van der Waals surface area contributed by atoms with Crippen LogP contribution in [0, 0.1) is 5.92 Å². The highest BCUT2D eigenvalue weighted by Gasteiger charge is 2.35. The fourth-order valence-corrected chi connectivity index (χ4v) is 5.13. The minimum atomic E-state index is -0.950. The van der Waals surface area contributed by atoms with E-state index in [0.717, 1.165) is 43.2 Å². The van der Waals surface area contributed by atoms with Crippen molar-refractivity contribution in [1.82, 2.24) is 16.0 Å². The summed E-state index contributed by atoms with van der Waals surface area (Å²) >= 11 is 0.